The van der Waals surface area contributed by atoms with E-state index < -0.39 is 0 Å². The Labute approximate surface area is 101 Å². The Bertz CT molecular complexity index is 361. The average molecular weight is 234 g/mol. The van der Waals surface area contributed by atoms with Crippen molar-refractivity contribution in [3.63, 3.8) is 0 Å². The second-order valence-corrected chi connectivity index (χ2v) is 5.34. The SMILES string of the molecule is NCC(C1CC1)N1C(=O)[C@H]2CC=CC[C@H]2C1=O. The predicted octanol–water partition coefficient (Wildman–Crippen LogP) is 0.675. The Morgan fingerprint density at radius 2 is 1.71 bits per heavy atom. The van der Waals surface area contributed by atoms with Crippen molar-refractivity contribution >= 4 is 11.8 Å². The molecule has 3 atom stereocenters. The fraction of sp³-hybridized carbons (Fsp3) is 0.692. The van der Waals surface area contributed by atoms with Crippen molar-refractivity contribution in [2.75, 3.05) is 6.54 Å². The molecular weight excluding hydrogens is 216 g/mol. The van der Waals surface area contributed by atoms with E-state index in [9.17, 15) is 9.59 Å². The minimum Gasteiger partial charge on any atom is -0.328 e. The van der Waals surface area contributed by atoms with E-state index in [0.29, 0.717) is 25.3 Å². The molecular formula is C13H18N2O2. The first-order chi connectivity index (χ1) is 8.24. The summed E-state index contributed by atoms with van der Waals surface area (Å²) in [5.74, 6) is 0.278. The van der Waals surface area contributed by atoms with Crippen molar-refractivity contribution in [2.45, 2.75) is 31.7 Å². The summed E-state index contributed by atoms with van der Waals surface area (Å²) in [6.07, 6.45) is 7.68. The largest absolute Gasteiger partial charge is 0.328 e. The maximum absolute atomic E-state index is 12.3. The van der Waals surface area contributed by atoms with Gasteiger partial charge in [0.15, 0.2) is 0 Å². The lowest BCUT2D eigenvalue weighted by Gasteiger charge is -2.25. The fourth-order valence-corrected chi connectivity index (χ4v) is 3.14. The average Bonchev–Trinajstić information content (AvgIpc) is 3.15. The van der Waals surface area contributed by atoms with E-state index in [-0.39, 0.29) is 29.7 Å². The van der Waals surface area contributed by atoms with Crippen molar-refractivity contribution in [1.82, 2.24) is 4.90 Å². The number of hydrogen-bond acceptors (Lipinski definition) is 3. The van der Waals surface area contributed by atoms with Crippen LogP contribution in [0.25, 0.3) is 0 Å². The highest BCUT2D eigenvalue weighted by Crippen LogP contribution is 2.41. The summed E-state index contributed by atoms with van der Waals surface area (Å²) in [7, 11) is 0. The molecule has 1 heterocycles. The molecule has 0 radical (unpaired) electrons. The molecule has 0 aromatic carbocycles. The van der Waals surface area contributed by atoms with Crippen LogP contribution in [-0.2, 0) is 9.59 Å². The Hall–Kier alpha value is -1.16. The summed E-state index contributed by atoms with van der Waals surface area (Å²) in [6, 6.07) is -0.0411. The molecule has 1 saturated heterocycles. The maximum atomic E-state index is 12.3. The van der Waals surface area contributed by atoms with Crippen molar-refractivity contribution < 1.29 is 9.59 Å². The molecule has 4 heteroatoms. The molecule has 2 amide bonds. The Morgan fingerprint density at radius 3 is 2.12 bits per heavy atom. The first-order valence-electron chi connectivity index (χ1n) is 6.46. The zero-order chi connectivity index (χ0) is 12.0. The van der Waals surface area contributed by atoms with Gasteiger partial charge >= 0.3 is 0 Å². The normalized spacial score (nSPS) is 34.1. The van der Waals surface area contributed by atoms with Gasteiger partial charge in [0.05, 0.1) is 17.9 Å². The second-order valence-electron chi connectivity index (χ2n) is 5.34. The second kappa shape index (κ2) is 3.95. The van der Waals surface area contributed by atoms with Crippen LogP contribution in [0, 0.1) is 17.8 Å². The number of allylic oxidation sites excluding steroid dienone is 2. The number of nitrogens with two attached hydrogens (primary N) is 1. The van der Waals surface area contributed by atoms with Gasteiger partial charge in [-0.25, -0.2) is 0 Å². The van der Waals surface area contributed by atoms with Gasteiger partial charge in [0, 0.05) is 6.54 Å². The highest BCUT2D eigenvalue weighted by atomic mass is 16.2. The van der Waals surface area contributed by atoms with Crippen LogP contribution in [0.2, 0.25) is 0 Å². The molecule has 0 bridgehead atoms. The molecule has 0 aromatic rings. The summed E-state index contributed by atoms with van der Waals surface area (Å²) < 4.78 is 0. The van der Waals surface area contributed by atoms with Crippen molar-refractivity contribution in [1.29, 1.82) is 0 Å². The number of carbonyl (C=O) groups is 2. The Morgan fingerprint density at radius 1 is 1.18 bits per heavy atom. The van der Waals surface area contributed by atoms with Crippen molar-refractivity contribution in [3.05, 3.63) is 12.2 Å². The van der Waals surface area contributed by atoms with Crippen LogP contribution in [0.5, 0.6) is 0 Å². The smallest absolute Gasteiger partial charge is 0.233 e. The van der Waals surface area contributed by atoms with Crippen LogP contribution in [0.4, 0.5) is 0 Å². The molecule has 4 nitrogen and oxygen atoms in total. The number of hydrogen-bond donors (Lipinski definition) is 1. The fourth-order valence-electron chi connectivity index (χ4n) is 3.14. The number of fused-ring (bicyclic) bond motifs is 1. The summed E-state index contributed by atoms with van der Waals surface area (Å²) in [6.45, 7) is 0.412. The molecule has 2 N–H and O–H groups in total. The highest BCUT2D eigenvalue weighted by Gasteiger charge is 2.51. The number of rotatable bonds is 3. The van der Waals surface area contributed by atoms with Gasteiger partial charge in [0.1, 0.15) is 0 Å². The summed E-state index contributed by atoms with van der Waals surface area (Å²) in [5.41, 5.74) is 5.75. The van der Waals surface area contributed by atoms with Crippen LogP contribution >= 0.6 is 0 Å². The van der Waals surface area contributed by atoms with Gasteiger partial charge in [-0.15, -0.1) is 0 Å². The van der Waals surface area contributed by atoms with Gasteiger partial charge in [0.2, 0.25) is 11.8 Å². The maximum Gasteiger partial charge on any atom is 0.233 e. The minimum absolute atomic E-state index is 0.0201. The third-order valence-electron chi connectivity index (χ3n) is 4.28. The molecule has 3 rings (SSSR count). The number of likely N-dealkylation sites (tertiary alicyclic amines) is 1. The van der Waals surface area contributed by atoms with Gasteiger partial charge in [-0.2, -0.15) is 0 Å². The summed E-state index contributed by atoms with van der Waals surface area (Å²) in [4.78, 5) is 26.1. The number of nitrogens with zero attached hydrogens (tertiary/aromatic N) is 1. The topological polar surface area (TPSA) is 63.4 Å². The van der Waals surface area contributed by atoms with E-state index in [4.69, 9.17) is 5.73 Å². The van der Waals surface area contributed by atoms with Gasteiger partial charge in [-0.1, -0.05) is 12.2 Å². The van der Waals surface area contributed by atoms with E-state index in [0.717, 1.165) is 12.8 Å². The zero-order valence-electron chi connectivity index (χ0n) is 9.84. The van der Waals surface area contributed by atoms with Crippen LogP contribution < -0.4 is 5.73 Å². The molecule has 92 valence electrons. The monoisotopic (exact) mass is 234 g/mol. The number of imide groups is 1. The van der Waals surface area contributed by atoms with Crippen molar-refractivity contribution in [3.8, 4) is 0 Å². The predicted molar refractivity (Wildman–Crippen MR) is 62.8 cm³/mol. The molecule has 0 aromatic heterocycles. The number of carbonyl (C=O) groups excluding carboxylic acids is 2. The molecule has 17 heavy (non-hydrogen) atoms. The minimum atomic E-state index is -0.111. The molecule has 2 fully saturated rings. The lowest BCUT2D eigenvalue weighted by Crippen LogP contribution is -2.46. The van der Waals surface area contributed by atoms with Crippen LogP contribution in [0.1, 0.15) is 25.7 Å². The summed E-state index contributed by atoms with van der Waals surface area (Å²) >= 11 is 0. The van der Waals surface area contributed by atoms with Gasteiger partial charge in [-0.3, -0.25) is 14.5 Å². The third-order valence-corrected chi connectivity index (χ3v) is 4.28. The molecule has 1 aliphatic heterocycles. The van der Waals surface area contributed by atoms with Crippen LogP contribution in [0.15, 0.2) is 12.2 Å². The lowest BCUT2D eigenvalue weighted by molar-refractivity contribution is -0.142. The van der Waals surface area contributed by atoms with Gasteiger partial charge < -0.3 is 5.73 Å². The molecule has 3 aliphatic rings. The molecule has 1 saturated carbocycles. The van der Waals surface area contributed by atoms with E-state index in [2.05, 4.69) is 0 Å². The molecule has 0 spiro atoms. The Balaban J connectivity index is 1.86. The summed E-state index contributed by atoms with van der Waals surface area (Å²) in [5, 5.41) is 0. The van der Waals surface area contributed by atoms with E-state index in [1.54, 1.807) is 0 Å². The first kappa shape index (κ1) is 11.0. The quantitative estimate of drug-likeness (QED) is 0.577. The van der Waals surface area contributed by atoms with Gasteiger partial charge in [0.25, 0.3) is 0 Å². The number of amides is 2. The molecule has 2 aliphatic carbocycles. The van der Waals surface area contributed by atoms with E-state index in [1.165, 1.54) is 4.90 Å². The van der Waals surface area contributed by atoms with Gasteiger partial charge in [-0.05, 0) is 31.6 Å². The van der Waals surface area contributed by atoms with Crippen molar-refractivity contribution in [2.24, 2.45) is 23.5 Å². The van der Waals surface area contributed by atoms with Crippen LogP contribution in [0.3, 0.4) is 0 Å². The van der Waals surface area contributed by atoms with Crippen LogP contribution in [-0.4, -0.2) is 29.3 Å². The lowest BCUT2D eigenvalue weighted by atomic mass is 9.85. The standard InChI is InChI=1S/C13H18N2O2/c14-7-11(8-5-6-8)15-12(16)9-3-1-2-4-10(9)13(15)17/h1-2,8-11H,3-7,14H2/t9-,10+,11?. The molecule has 1 unspecified atom stereocenters. The highest BCUT2D eigenvalue weighted by molar-refractivity contribution is 6.05. The van der Waals surface area contributed by atoms with E-state index >= 15 is 0 Å². The zero-order valence-corrected chi connectivity index (χ0v) is 9.84. The van der Waals surface area contributed by atoms with E-state index in [1.807, 2.05) is 12.2 Å². The Kier molecular flexibility index (Phi) is 2.54. The third kappa shape index (κ3) is 1.62. The first-order valence-corrected chi connectivity index (χ1v) is 6.46.